The molecule has 0 saturated heterocycles. The van der Waals surface area contributed by atoms with E-state index in [2.05, 4.69) is 45.2 Å². The van der Waals surface area contributed by atoms with E-state index in [9.17, 15) is 0 Å². The topological polar surface area (TPSA) is 0 Å². The Bertz CT molecular complexity index is 226. The van der Waals surface area contributed by atoms with E-state index < -0.39 is 0 Å². The van der Waals surface area contributed by atoms with Crippen LogP contribution in [0.1, 0.15) is 12.8 Å². The van der Waals surface area contributed by atoms with Crippen LogP contribution < -0.4 is 0 Å². The SMILES string of the molecule is I[C@@H]1C2C3C4C[C@H](C2C[C@H]41)[C@@H]3I. The Hall–Kier alpha value is 1.46. The first-order valence-corrected chi connectivity index (χ1v) is 7.56. The van der Waals surface area contributed by atoms with E-state index in [4.69, 9.17) is 0 Å². The van der Waals surface area contributed by atoms with Gasteiger partial charge in [0.15, 0.2) is 0 Å². The van der Waals surface area contributed by atoms with Crippen molar-refractivity contribution >= 4 is 45.2 Å². The van der Waals surface area contributed by atoms with Crippen LogP contribution in [0.5, 0.6) is 0 Å². The molecule has 12 heavy (non-hydrogen) atoms. The summed E-state index contributed by atoms with van der Waals surface area (Å²) in [6.45, 7) is 0. The van der Waals surface area contributed by atoms with E-state index in [0.29, 0.717) is 0 Å². The normalized spacial score (nSPS) is 76.5. The molecule has 4 rings (SSSR count). The summed E-state index contributed by atoms with van der Waals surface area (Å²) in [5.74, 6) is 6.99. The van der Waals surface area contributed by atoms with Gasteiger partial charge in [0.25, 0.3) is 0 Å². The van der Waals surface area contributed by atoms with Crippen molar-refractivity contribution in [1.29, 1.82) is 0 Å². The van der Waals surface area contributed by atoms with Gasteiger partial charge in [-0.05, 0) is 48.3 Å². The molecule has 0 amide bonds. The molecule has 4 aliphatic carbocycles. The molecule has 0 heterocycles. The smallest absolute Gasteiger partial charge is 0.0175 e. The monoisotopic (exact) mass is 386 g/mol. The third kappa shape index (κ3) is 0.607. The summed E-state index contributed by atoms with van der Waals surface area (Å²) in [5, 5.41) is 0. The molecule has 0 radical (unpaired) electrons. The van der Waals surface area contributed by atoms with Gasteiger partial charge in [0.2, 0.25) is 0 Å². The Balaban J connectivity index is 1.92. The van der Waals surface area contributed by atoms with Crippen molar-refractivity contribution in [3.05, 3.63) is 0 Å². The van der Waals surface area contributed by atoms with Gasteiger partial charge in [0.05, 0.1) is 0 Å². The van der Waals surface area contributed by atoms with Crippen LogP contribution in [-0.2, 0) is 0 Å². The largest absolute Gasteiger partial charge is 0.0820 e. The summed E-state index contributed by atoms with van der Waals surface area (Å²) < 4.78 is 2.15. The first-order valence-electron chi connectivity index (χ1n) is 5.07. The zero-order chi connectivity index (χ0) is 8.03. The Morgan fingerprint density at radius 3 is 1.42 bits per heavy atom. The number of hydrogen-bond acceptors (Lipinski definition) is 0. The molecule has 8 atom stereocenters. The maximum atomic E-state index is 2.77. The summed E-state index contributed by atoms with van der Waals surface area (Å²) >= 11 is 5.53. The summed E-state index contributed by atoms with van der Waals surface area (Å²) in [7, 11) is 0. The highest BCUT2D eigenvalue weighted by Crippen LogP contribution is 2.75. The van der Waals surface area contributed by atoms with Crippen molar-refractivity contribution in [2.24, 2.45) is 35.5 Å². The summed E-state index contributed by atoms with van der Waals surface area (Å²) in [6, 6.07) is 0. The second-order valence-electron chi connectivity index (χ2n) is 5.17. The van der Waals surface area contributed by atoms with Gasteiger partial charge in [-0.25, -0.2) is 0 Å². The van der Waals surface area contributed by atoms with Crippen LogP contribution >= 0.6 is 45.2 Å². The van der Waals surface area contributed by atoms with E-state index in [-0.39, 0.29) is 0 Å². The second-order valence-corrected chi connectivity index (χ2v) is 8.05. The first kappa shape index (κ1) is 7.71. The number of rotatable bonds is 0. The first-order chi connectivity index (χ1) is 5.79. The molecule has 4 unspecified atom stereocenters. The van der Waals surface area contributed by atoms with Crippen molar-refractivity contribution in [3.63, 3.8) is 0 Å². The molecule has 4 fully saturated rings. The molecule has 4 aliphatic rings. The number of fused-ring (bicyclic) bond motifs is 4. The molecule has 4 saturated carbocycles. The molecule has 4 bridgehead atoms. The predicted octanol–water partition coefficient (Wildman–Crippen LogP) is 3.13. The lowest BCUT2D eigenvalue weighted by molar-refractivity contribution is 0.146. The third-order valence-corrected chi connectivity index (χ3v) is 8.68. The molecule has 66 valence electrons. The van der Waals surface area contributed by atoms with Crippen LogP contribution in [0.4, 0.5) is 0 Å². The fourth-order valence-electron chi connectivity index (χ4n) is 4.98. The molecule has 0 aromatic rings. The number of alkyl halides is 2. The van der Waals surface area contributed by atoms with Gasteiger partial charge in [-0.1, -0.05) is 45.2 Å². The van der Waals surface area contributed by atoms with Gasteiger partial charge in [0, 0.05) is 7.85 Å². The molecule has 0 spiro atoms. The minimum absolute atomic E-state index is 1.08. The van der Waals surface area contributed by atoms with E-state index in [1.54, 1.807) is 12.8 Å². The van der Waals surface area contributed by atoms with Gasteiger partial charge in [-0.3, -0.25) is 0 Å². The molecule has 0 N–H and O–H groups in total. The second kappa shape index (κ2) is 2.17. The molecule has 0 nitrogen and oxygen atoms in total. The molecular formula is C10H12I2. The highest BCUT2D eigenvalue weighted by molar-refractivity contribution is 14.1. The van der Waals surface area contributed by atoms with Gasteiger partial charge in [-0.15, -0.1) is 0 Å². The lowest BCUT2D eigenvalue weighted by Gasteiger charge is -2.33. The summed E-state index contributed by atoms with van der Waals surface area (Å²) in [5.41, 5.74) is 0. The van der Waals surface area contributed by atoms with Gasteiger partial charge >= 0.3 is 0 Å². The van der Waals surface area contributed by atoms with Gasteiger partial charge in [0.1, 0.15) is 0 Å². The fraction of sp³-hybridized carbons (Fsp3) is 1.00. The minimum atomic E-state index is 1.08. The molecule has 0 aromatic carbocycles. The molecule has 0 aliphatic heterocycles. The minimum Gasteiger partial charge on any atom is -0.0820 e. The van der Waals surface area contributed by atoms with Crippen LogP contribution in [0.3, 0.4) is 0 Å². The van der Waals surface area contributed by atoms with Crippen LogP contribution in [-0.4, -0.2) is 7.85 Å². The third-order valence-electron chi connectivity index (χ3n) is 5.18. The zero-order valence-electron chi connectivity index (χ0n) is 6.79. The van der Waals surface area contributed by atoms with Crippen LogP contribution in [0.15, 0.2) is 0 Å². The van der Waals surface area contributed by atoms with Crippen molar-refractivity contribution in [2.75, 3.05) is 0 Å². The van der Waals surface area contributed by atoms with E-state index >= 15 is 0 Å². The quantitative estimate of drug-likeness (QED) is 0.444. The molecule has 2 heteroatoms. The summed E-state index contributed by atoms with van der Waals surface area (Å²) in [4.78, 5) is 0. The maximum absolute atomic E-state index is 2.77. The van der Waals surface area contributed by atoms with Gasteiger partial charge in [-0.2, -0.15) is 0 Å². The Morgan fingerprint density at radius 2 is 1.08 bits per heavy atom. The Kier molecular flexibility index (Phi) is 1.39. The van der Waals surface area contributed by atoms with E-state index in [0.717, 1.165) is 19.7 Å². The lowest BCUT2D eigenvalue weighted by atomic mass is 9.71. The standard InChI is InChI=1S/C10H12I2/c11-9-5-1-3-6-2-4(5)8(7(3)9)10(6)12/h3-10H,1-2H2/t3?,4?,5-,6-,7?,8?,9+,10+/m1/s1. The van der Waals surface area contributed by atoms with Gasteiger partial charge < -0.3 is 0 Å². The number of halogens is 2. The van der Waals surface area contributed by atoms with Crippen molar-refractivity contribution < 1.29 is 0 Å². The average Bonchev–Trinajstić information content (AvgIpc) is 2.68. The van der Waals surface area contributed by atoms with Crippen molar-refractivity contribution in [2.45, 2.75) is 20.7 Å². The van der Waals surface area contributed by atoms with E-state index in [1.807, 2.05) is 0 Å². The highest BCUT2D eigenvalue weighted by Gasteiger charge is 2.71. The molecular weight excluding hydrogens is 374 g/mol. The highest BCUT2D eigenvalue weighted by atomic mass is 127. The van der Waals surface area contributed by atoms with Crippen molar-refractivity contribution in [1.82, 2.24) is 0 Å². The predicted molar refractivity (Wildman–Crippen MR) is 65.8 cm³/mol. The molecule has 0 aromatic heterocycles. The summed E-state index contributed by atoms with van der Waals surface area (Å²) in [6.07, 6.45) is 3.23. The maximum Gasteiger partial charge on any atom is 0.0175 e. The van der Waals surface area contributed by atoms with Crippen LogP contribution in [0.2, 0.25) is 0 Å². The van der Waals surface area contributed by atoms with Crippen LogP contribution in [0, 0.1) is 35.5 Å². The van der Waals surface area contributed by atoms with Crippen molar-refractivity contribution in [3.8, 4) is 0 Å². The fourth-order valence-corrected chi connectivity index (χ4v) is 8.66. The number of hydrogen-bond donors (Lipinski definition) is 0. The average molecular weight is 386 g/mol. The lowest BCUT2D eigenvalue weighted by Crippen LogP contribution is -2.27. The Morgan fingerprint density at radius 1 is 0.667 bits per heavy atom. The zero-order valence-corrected chi connectivity index (χ0v) is 11.1. The van der Waals surface area contributed by atoms with Crippen LogP contribution in [0.25, 0.3) is 0 Å². The van der Waals surface area contributed by atoms with E-state index in [1.165, 1.54) is 23.7 Å². The Labute approximate surface area is 101 Å².